The van der Waals surface area contributed by atoms with E-state index in [1.165, 1.54) is 18.1 Å². The van der Waals surface area contributed by atoms with Gasteiger partial charge in [0, 0.05) is 24.2 Å². The summed E-state index contributed by atoms with van der Waals surface area (Å²) in [6.07, 6.45) is -10.2. The first-order valence-corrected chi connectivity index (χ1v) is 13.6. The lowest BCUT2D eigenvalue weighted by molar-refractivity contribution is -0.143. The van der Waals surface area contributed by atoms with Crippen LogP contribution in [0.1, 0.15) is 68.3 Å². The van der Waals surface area contributed by atoms with Crippen molar-refractivity contribution >= 4 is 17.9 Å². The molecule has 0 radical (unpaired) electrons. The fraction of sp³-hybridized carbons (Fsp3) is 0.517. The Morgan fingerprint density at radius 3 is 2.09 bits per heavy atom. The van der Waals surface area contributed by atoms with Crippen molar-refractivity contribution in [3.63, 3.8) is 0 Å². The first kappa shape index (κ1) is 33.7. The van der Waals surface area contributed by atoms with Crippen LogP contribution < -0.4 is 14.4 Å². The largest absolute Gasteiger partial charge is 0.493 e. The number of amides is 2. The summed E-state index contributed by atoms with van der Waals surface area (Å²) in [5.41, 5.74) is -2.82. The van der Waals surface area contributed by atoms with Crippen LogP contribution in [0.3, 0.4) is 0 Å². The van der Waals surface area contributed by atoms with Gasteiger partial charge in [-0.3, -0.25) is 9.80 Å². The predicted molar refractivity (Wildman–Crippen MR) is 144 cm³/mol. The van der Waals surface area contributed by atoms with Gasteiger partial charge < -0.3 is 18.9 Å². The number of hydrogen-bond acceptors (Lipinski definition) is 6. The van der Waals surface area contributed by atoms with Crippen molar-refractivity contribution in [2.45, 2.75) is 71.0 Å². The number of methoxy groups -OCH3 is 2. The number of carbonyl (C=O) groups excluding carboxylic acids is 2. The van der Waals surface area contributed by atoms with E-state index in [0.29, 0.717) is 30.1 Å². The Balaban J connectivity index is 2.20. The van der Waals surface area contributed by atoms with E-state index in [-0.39, 0.29) is 30.5 Å². The molecular weight excluding hydrogens is 586 g/mol. The number of rotatable bonds is 9. The molecule has 0 aromatic heterocycles. The van der Waals surface area contributed by atoms with Gasteiger partial charge in [0.2, 0.25) is 0 Å². The zero-order chi connectivity index (χ0) is 32.1. The second kappa shape index (κ2) is 13.6. The molecule has 1 aliphatic rings. The van der Waals surface area contributed by atoms with Crippen LogP contribution in [0.2, 0.25) is 0 Å². The van der Waals surface area contributed by atoms with Crippen LogP contribution in [0.5, 0.6) is 11.5 Å². The highest BCUT2D eigenvalue weighted by molar-refractivity contribution is 5.91. The van der Waals surface area contributed by atoms with Gasteiger partial charge in [-0.05, 0) is 56.5 Å². The van der Waals surface area contributed by atoms with Crippen LogP contribution in [0.4, 0.5) is 41.6 Å². The fourth-order valence-electron chi connectivity index (χ4n) is 4.93. The molecule has 1 heterocycles. The molecule has 2 amide bonds. The van der Waals surface area contributed by atoms with Crippen molar-refractivity contribution in [3.05, 3.63) is 52.6 Å². The predicted octanol–water partition coefficient (Wildman–Crippen LogP) is 7.98. The second-order valence-corrected chi connectivity index (χ2v) is 9.95. The van der Waals surface area contributed by atoms with Crippen molar-refractivity contribution in [1.82, 2.24) is 4.90 Å². The quantitative estimate of drug-likeness (QED) is 0.209. The first-order chi connectivity index (χ1) is 20.2. The Morgan fingerprint density at radius 1 is 0.953 bits per heavy atom. The number of ether oxygens (including phenoxy) is 4. The number of benzene rings is 2. The van der Waals surface area contributed by atoms with E-state index in [0.717, 1.165) is 24.9 Å². The molecule has 0 fully saturated rings. The van der Waals surface area contributed by atoms with Gasteiger partial charge in [0.15, 0.2) is 11.5 Å². The Labute approximate surface area is 245 Å². The molecule has 0 spiro atoms. The maximum Gasteiger partial charge on any atom is 0.416 e. The molecule has 0 saturated heterocycles. The number of fused-ring (bicyclic) bond motifs is 1. The van der Waals surface area contributed by atoms with E-state index < -0.39 is 59.9 Å². The Hall–Kier alpha value is -3.84. The van der Waals surface area contributed by atoms with Crippen LogP contribution in [0.25, 0.3) is 0 Å². The molecular formula is C29H34F6N2O6. The molecule has 8 nitrogen and oxygen atoms in total. The summed E-state index contributed by atoms with van der Waals surface area (Å²) in [7, 11) is 2.43. The molecule has 0 saturated carbocycles. The number of carbonyl (C=O) groups is 2. The molecule has 2 atom stereocenters. The summed E-state index contributed by atoms with van der Waals surface area (Å²) in [5.74, 6) is 0.552. The lowest BCUT2D eigenvalue weighted by atomic mass is 9.90. The number of anilines is 1. The SMILES string of the molecule is CCCCOc1cc2c(cc1OC)[C@H](N(Cc1cc(C(F)(F)F)cc(C(F)(F)F)c1)C(=O)OC)C[C@H](C)N2C(=O)OCC. The molecule has 0 aliphatic carbocycles. The van der Waals surface area contributed by atoms with E-state index in [9.17, 15) is 35.9 Å². The molecule has 43 heavy (non-hydrogen) atoms. The van der Waals surface area contributed by atoms with Crippen LogP contribution in [-0.2, 0) is 28.4 Å². The number of unbranched alkanes of at least 4 members (excludes halogenated alkanes) is 1. The lowest BCUT2D eigenvalue weighted by Gasteiger charge is -2.42. The maximum absolute atomic E-state index is 13.6. The van der Waals surface area contributed by atoms with Gasteiger partial charge in [0.25, 0.3) is 0 Å². The van der Waals surface area contributed by atoms with E-state index in [2.05, 4.69) is 0 Å². The molecule has 2 aromatic rings. The van der Waals surface area contributed by atoms with Gasteiger partial charge in [0.1, 0.15) is 0 Å². The minimum atomic E-state index is -5.07. The molecule has 1 aliphatic heterocycles. The van der Waals surface area contributed by atoms with E-state index in [1.54, 1.807) is 19.9 Å². The molecule has 0 bridgehead atoms. The topological polar surface area (TPSA) is 77.5 Å². The average Bonchev–Trinajstić information content (AvgIpc) is 2.94. The molecule has 3 rings (SSSR count). The zero-order valence-electron chi connectivity index (χ0n) is 24.4. The highest BCUT2D eigenvalue weighted by atomic mass is 19.4. The van der Waals surface area contributed by atoms with Crippen molar-refractivity contribution in [2.24, 2.45) is 0 Å². The molecule has 14 heteroatoms. The van der Waals surface area contributed by atoms with Gasteiger partial charge in [0.05, 0.1) is 50.3 Å². The summed E-state index contributed by atoms with van der Waals surface area (Å²) < 4.78 is 103. The normalized spacial score (nSPS) is 16.8. The van der Waals surface area contributed by atoms with Crippen molar-refractivity contribution in [2.75, 3.05) is 32.3 Å². The third-order valence-electron chi connectivity index (χ3n) is 6.94. The van der Waals surface area contributed by atoms with Crippen molar-refractivity contribution in [3.8, 4) is 11.5 Å². The zero-order valence-corrected chi connectivity index (χ0v) is 24.4. The fourth-order valence-corrected chi connectivity index (χ4v) is 4.93. The standard InChI is InChI=1S/C29H34F6N2O6/c1-6-8-9-43-25-15-23-21(14-24(25)40-4)22(10-17(3)37(23)27(39)42-7-2)36(26(38)41-5)16-18-11-19(28(30,31)32)13-20(12-18)29(33,34)35/h11-15,17,22H,6-10,16H2,1-5H3/t17-,22+/m0/s1. The van der Waals surface area contributed by atoms with Crippen LogP contribution in [0, 0.1) is 0 Å². The van der Waals surface area contributed by atoms with E-state index in [1.807, 2.05) is 6.92 Å². The first-order valence-electron chi connectivity index (χ1n) is 13.6. The van der Waals surface area contributed by atoms with Gasteiger partial charge in [-0.25, -0.2) is 9.59 Å². The molecule has 0 unspecified atom stereocenters. The van der Waals surface area contributed by atoms with E-state index >= 15 is 0 Å². The monoisotopic (exact) mass is 620 g/mol. The number of nitrogens with zero attached hydrogens (tertiary/aromatic N) is 2. The minimum absolute atomic E-state index is 0.0200. The van der Waals surface area contributed by atoms with E-state index in [4.69, 9.17) is 18.9 Å². The van der Waals surface area contributed by atoms with Crippen LogP contribution in [0.15, 0.2) is 30.3 Å². The smallest absolute Gasteiger partial charge is 0.416 e. The summed E-state index contributed by atoms with van der Waals surface area (Å²) in [5, 5.41) is 0. The highest BCUT2D eigenvalue weighted by Gasteiger charge is 2.41. The lowest BCUT2D eigenvalue weighted by Crippen LogP contribution is -2.47. The number of alkyl halides is 6. The Bertz CT molecular complexity index is 1270. The minimum Gasteiger partial charge on any atom is -0.493 e. The number of hydrogen-bond donors (Lipinski definition) is 0. The maximum atomic E-state index is 13.6. The van der Waals surface area contributed by atoms with Crippen LogP contribution >= 0.6 is 0 Å². The Morgan fingerprint density at radius 2 is 1.58 bits per heavy atom. The summed E-state index contributed by atoms with van der Waals surface area (Å²) in [4.78, 5) is 28.5. The van der Waals surface area contributed by atoms with Gasteiger partial charge in [-0.15, -0.1) is 0 Å². The molecule has 2 aromatic carbocycles. The number of halogens is 6. The third-order valence-corrected chi connectivity index (χ3v) is 6.94. The third kappa shape index (κ3) is 7.77. The molecule has 0 N–H and O–H groups in total. The second-order valence-electron chi connectivity index (χ2n) is 9.95. The summed E-state index contributed by atoms with van der Waals surface area (Å²) in [6, 6.07) is 2.65. The summed E-state index contributed by atoms with van der Waals surface area (Å²) in [6.45, 7) is 5.04. The summed E-state index contributed by atoms with van der Waals surface area (Å²) >= 11 is 0. The van der Waals surface area contributed by atoms with Gasteiger partial charge >= 0.3 is 24.5 Å². The van der Waals surface area contributed by atoms with Gasteiger partial charge in [-0.1, -0.05) is 13.3 Å². The molecule has 238 valence electrons. The van der Waals surface area contributed by atoms with Crippen molar-refractivity contribution in [1.29, 1.82) is 0 Å². The average molecular weight is 621 g/mol. The van der Waals surface area contributed by atoms with Crippen LogP contribution in [-0.4, -0.2) is 50.6 Å². The van der Waals surface area contributed by atoms with Crippen molar-refractivity contribution < 1.29 is 54.9 Å². The Kier molecular flexibility index (Phi) is 10.7. The van der Waals surface area contributed by atoms with Gasteiger partial charge in [-0.2, -0.15) is 26.3 Å². The highest BCUT2D eigenvalue weighted by Crippen LogP contribution is 2.47.